The Bertz CT molecular complexity index is 932. The van der Waals surface area contributed by atoms with Crippen molar-refractivity contribution in [2.75, 3.05) is 18.5 Å². The molecular weight excluding hydrogens is 358 g/mol. The smallest absolute Gasteiger partial charge is 0.323 e. The first-order valence-electron chi connectivity index (χ1n) is 7.89. The molecule has 0 saturated carbocycles. The molecule has 2 amide bonds. The molecule has 0 radical (unpaired) electrons. The summed E-state index contributed by atoms with van der Waals surface area (Å²) in [6, 6.07) is 8.87. The fourth-order valence-corrected chi connectivity index (χ4v) is 3.18. The Morgan fingerprint density at radius 2 is 2.15 bits per heavy atom. The normalized spacial score (nSPS) is 14.1. The number of aromatic nitrogens is 1. The van der Waals surface area contributed by atoms with Crippen molar-refractivity contribution >= 4 is 22.1 Å². The van der Waals surface area contributed by atoms with Gasteiger partial charge in [-0.05, 0) is 28.8 Å². The Labute approximate surface area is 151 Å². The summed E-state index contributed by atoms with van der Waals surface area (Å²) in [5, 5.41) is 16.8. The van der Waals surface area contributed by atoms with Gasteiger partial charge in [0.05, 0.1) is 13.2 Å². The van der Waals surface area contributed by atoms with Crippen LogP contribution in [0.4, 0.5) is 10.6 Å². The van der Waals surface area contributed by atoms with Gasteiger partial charge >= 0.3 is 6.03 Å². The number of benzene rings is 1. The van der Waals surface area contributed by atoms with E-state index < -0.39 is 10.2 Å². The topological polar surface area (TPSA) is 138 Å². The number of nitrogens with two attached hydrogens (primary N) is 1. The van der Waals surface area contributed by atoms with Crippen LogP contribution in [-0.4, -0.2) is 42.6 Å². The molecule has 3 rings (SSSR count). The van der Waals surface area contributed by atoms with Crippen LogP contribution >= 0.6 is 0 Å². The monoisotopic (exact) mass is 377 g/mol. The number of hydrogen-bond donors (Lipinski definition) is 4. The lowest BCUT2D eigenvalue weighted by atomic mass is 9.98. The molecule has 1 aromatic carbocycles. The molecule has 9 nitrogen and oxygen atoms in total. The standard InChI is InChI=1S/C16H19N5O4S/c17-26(24,25)19-9-11-2-1-3-12(8-11)13-4-5-18-15-14(13)10-21(6-7-22)16(23)20-15/h1-5,8,19,22H,6-7,9-10H2,(H2,17,24,25)(H,18,20,23). The van der Waals surface area contributed by atoms with Crippen molar-refractivity contribution in [1.29, 1.82) is 0 Å². The van der Waals surface area contributed by atoms with Gasteiger partial charge in [0.25, 0.3) is 10.2 Å². The number of aliphatic hydroxyl groups excluding tert-OH is 1. The maximum atomic E-state index is 12.0. The number of β-amino-alcohol motifs (C(OH)–C–C–N with tert-alkyl or cyclic N) is 1. The minimum atomic E-state index is -3.77. The largest absolute Gasteiger partial charge is 0.395 e. The highest BCUT2D eigenvalue weighted by molar-refractivity contribution is 7.87. The Balaban J connectivity index is 1.93. The van der Waals surface area contributed by atoms with Gasteiger partial charge in [0.15, 0.2) is 0 Å². The molecule has 0 spiro atoms. The fourth-order valence-electron chi connectivity index (χ4n) is 2.81. The number of nitrogens with one attached hydrogen (secondary N) is 2. The van der Waals surface area contributed by atoms with Crippen LogP contribution in [0.5, 0.6) is 0 Å². The molecule has 0 bridgehead atoms. The van der Waals surface area contributed by atoms with Crippen LogP contribution in [0.15, 0.2) is 36.5 Å². The van der Waals surface area contributed by atoms with Crippen molar-refractivity contribution in [2.24, 2.45) is 5.14 Å². The van der Waals surface area contributed by atoms with Crippen LogP contribution in [-0.2, 0) is 23.3 Å². The summed E-state index contributed by atoms with van der Waals surface area (Å²) in [6.45, 7) is 0.489. The van der Waals surface area contributed by atoms with E-state index in [0.717, 1.165) is 22.3 Å². The van der Waals surface area contributed by atoms with E-state index >= 15 is 0 Å². The van der Waals surface area contributed by atoms with Crippen molar-refractivity contribution in [3.8, 4) is 11.1 Å². The van der Waals surface area contributed by atoms with Gasteiger partial charge in [-0.15, -0.1) is 0 Å². The molecule has 5 N–H and O–H groups in total. The Morgan fingerprint density at radius 1 is 1.35 bits per heavy atom. The predicted octanol–water partition coefficient (Wildman–Crippen LogP) is 0.382. The fraction of sp³-hybridized carbons (Fsp3) is 0.250. The van der Waals surface area contributed by atoms with Gasteiger partial charge in [0.1, 0.15) is 5.82 Å². The SMILES string of the molecule is NS(=O)(=O)NCc1cccc(-c2ccnc3c2CN(CCO)C(=O)N3)c1. The third-order valence-electron chi connectivity index (χ3n) is 4.00. The van der Waals surface area contributed by atoms with Gasteiger partial charge in [-0.1, -0.05) is 18.2 Å². The number of carbonyl (C=O) groups is 1. The first kappa shape index (κ1) is 18.3. The molecule has 1 aromatic heterocycles. The van der Waals surface area contributed by atoms with Crippen LogP contribution in [0.2, 0.25) is 0 Å². The minimum Gasteiger partial charge on any atom is -0.395 e. The van der Waals surface area contributed by atoms with E-state index in [1.54, 1.807) is 12.3 Å². The average molecular weight is 377 g/mol. The third kappa shape index (κ3) is 4.17. The molecule has 0 unspecified atom stereocenters. The van der Waals surface area contributed by atoms with Crippen LogP contribution in [0, 0.1) is 0 Å². The molecule has 0 aliphatic carbocycles. The lowest BCUT2D eigenvalue weighted by Crippen LogP contribution is -2.40. The number of aliphatic hydroxyl groups is 1. The Hall–Kier alpha value is -2.53. The summed E-state index contributed by atoms with van der Waals surface area (Å²) in [5.41, 5.74) is 3.30. The maximum absolute atomic E-state index is 12.0. The summed E-state index contributed by atoms with van der Waals surface area (Å²) >= 11 is 0. The highest BCUT2D eigenvalue weighted by Crippen LogP contribution is 2.32. The number of anilines is 1. The van der Waals surface area contributed by atoms with E-state index in [2.05, 4.69) is 15.0 Å². The van der Waals surface area contributed by atoms with Crippen LogP contribution < -0.4 is 15.2 Å². The number of carbonyl (C=O) groups excluding carboxylic acids is 1. The van der Waals surface area contributed by atoms with Crippen molar-refractivity contribution in [1.82, 2.24) is 14.6 Å². The zero-order valence-electron chi connectivity index (χ0n) is 13.8. The van der Waals surface area contributed by atoms with Crippen LogP contribution in [0.1, 0.15) is 11.1 Å². The number of urea groups is 1. The van der Waals surface area contributed by atoms with Crippen molar-refractivity contribution in [2.45, 2.75) is 13.1 Å². The summed E-state index contributed by atoms with van der Waals surface area (Å²) in [4.78, 5) is 17.7. The first-order chi connectivity index (χ1) is 12.4. The van der Waals surface area contributed by atoms with Crippen molar-refractivity contribution in [3.63, 3.8) is 0 Å². The second-order valence-electron chi connectivity index (χ2n) is 5.83. The van der Waals surface area contributed by atoms with E-state index in [1.807, 2.05) is 24.3 Å². The van der Waals surface area contributed by atoms with Crippen molar-refractivity contribution in [3.05, 3.63) is 47.7 Å². The zero-order valence-corrected chi connectivity index (χ0v) is 14.7. The number of amides is 2. The summed E-state index contributed by atoms with van der Waals surface area (Å²) in [5.74, 6) is 0.481. The van der Waals surface area contributed by atoms with Gasteiger partial charge in [-0.2, -0.15) is 13.1 Å². The molecule has 1 aliphatic rings. The predicted molar refractivity (Wildman–Crippen MR) is 96.1 cm³/mol. The molecule has 138 valence electrons. The quantitative estimate of drug-likeness (QED) is 0.577. The number of hydrogen-bond acceptors (Lipinski definition) is 5. The van der Waals surface area contributed by atoms with E-state index in [4.69, 9.17) is 10.2 Å². The minimum absolute atomic E-state index is 0.0767. The molecular formula is C16H19N5O4S. The summed E-state index contributed by atoms with van der Waals surface area (Å²) in [6.07, 6.45) is 1.60. The molecule has 0 fully saturated rings. The zero-order chi connectivity index (χ0) is 18.7. The Kier molecular flexibility index (Phi) is 5.18. The number of fused-ring (bicyclic) bond motifs is 1. The molecule has 10 heteroatoms. The molecule has 0 atom stereocenters. The lowest BCUT2D eigenvalue weighted by Gasteiger charge is -2.29. The summed E-state index contributed by atoms with van der Waals surface area (Å²) < 4.78 is 24.4. The van der Waals surface area contributed by atoms with Crippen molar-refractivity contribution < 1.29 is 18.3 Å². The van der Waals surface area contributed by atoms with E-state index in [-0.39, 0.29) is 25.7 Å². The van der Waals surface area contributed by atoms with Gasteiger partial charge < -0.3 is 10.0 Å². The molecule has 0 saturated heterocycles. The Morgan fingerprint density at radius 3 is 2.88 bits per heavy atom. The average Bonchev–Trinajstić information content (AvgIpc) is 2.60. The lowest BCUT2D eigenvalue weighted by molar-refractivity contribution is 0.183. The first-order valence-corrected chi connectivity index (χ1v) is 9.43. The van der Waals surface area contributed by atoms with E-state index in [1.165, 1.54) is 4.90 Å². The molecule has 2 aromatic rings. The van der Waals surface area contributed by atoms with Crippen LogP contribution in [0.25, 0.3) is 11.1 Å². The maximum Gasteiger partial charge on any atom is 0.323 e. The van der Waals surface area contributed by atoms with Gasteiger partial charge in [0, 0.05) is 24.8 Å². The van der Waals surface area contributed by atoms with Gasteiger partial charge in [-0.25, -0.2) is 14.9 Å². The molecule has 2 heterocycles. The number of pyridine rings is 1. The van der Waals surface area contributed by atoms with E-state index in [9.17, 15) is 13.2 Å². The second kappa shape index (κ2) is 7.38. The van der Waals surface area contributed by atoms with Gasteiger partial charge in [-0.3, -0.25) is 5.32 Å². The van der Waals surface area contributed by atoms with Gasteiger partial charge in [0.2, 0.25) is 0 Å². The van der Waals surface area contributed by atoms with Crippen LogP contribution in [0.3, 0.4) is 0 Å². The molecule has 1 aliphatic heterocycles. The van der Waals surface area contributed by atoms with E-state index in [0.29, 0.717) is 12.4 Å². The summed E-state index contributed by atoms with van der Waals surface area (Å²) in [7, 11) is -3.77. The molecule has 26 heavy (non-hydrogen) atoms. The number of nitrogens with zero attached hydrogens (tertiary/aromatic N) is 2. The third-order valence-corrected chi connectivity index (χ3v) is 4.55. The highest BCUT2D eigenvalue weighted by atomic mass is 32.2. The number of rotatable bonds is 6. The second-order valence-corrected chi connectivity index (χ2v) is 7.21. The highest BCUT2D eigenvalue weighted by Gasteiger charge is 2.25.